The third-order valence-corrected chi connectivity index (χ3v) is 8.12. The van der Waals surface area contributed by atoms with Gasteiger partial charge in [-0.25, -0.2) is 9.59 Å². The average molecular weight is 659 g/mol. The lowest BCUT2D eigenvalue weighted by Crippen LogP contribution is -2.57. The standard InChI is InChI=1S/C30H54N6O8S/c1-16(2)10-21(23(37)11-19(7)26(38)36-25(18(5)6)28(40)31-12-17(3)4)34-27(39)22(13-32-29(41)43-9)35-30(42)44-14-24-33-20(8)15-45-24/h16-23,25,37H,10-15H2,1-9H3,(H,31,40)(H,32,41)(H,34,39)(H,35,42)(H,36,38)/t19-,20?,21+,22+,23+,25+/m1/s1. The fourth-order valence-electron chi connectivity index (χ4n) is 4.38. The molecule has 1 unspecified atom stereocenters. The largest absolute Gasteiger partial charge is 0.453 e. The number of nitrogens with one attached hydrogen (secondary N) is 5. The van der Waals surface area contributed by atoms with Crippen molar-refractivity contribution in [2.24, 2.45) is 28.7 Å². The van der Waals surface area contributed by atoms with E-state index in [1.54, 1.807) is 6.92 Å². The predicted octanol–water partition coefficient (Wildman–Crippen LogP) is 1.80. The highest BCUT2D eigenvalue weighted by atomic mass is 32.2. The minimum Gasteiger partial charge on any atom is -0.453 e. The first kappa shape index (κ1) is 40.0. The summed E-state index contributed by atoms with van der Waals surface area (Å²) in [5, 5.41) is 25.1. The van der Waals surface area contributed by atoms with Gasteiger partial charge in [0.05, 0.1) is 31.8 Å². The van der Waals surface area contributed by atoms with Crippen molar-refractivity contribution in [1.29, 1.82) is 0 Å². The summed E-state index contributed by atoms with van der Waals surface area (Å²) >= 11 is 1.48. The van der Waals surface area contributed by atoms with E-state index in [2.05, 4.69) is 36.3 Å². The molecular weight excluding hydrogens is 604 g/mol. The van der Waals surface area contributed by atoms with Crippen molar-refractivity contribution in [3.05, 3.63) is 0 Å². The molecular formula is C30H54N6O8S. The van der Waals surface area contributed by atoms with Crippen LogP contribution in [0.3, 0.4) is 0 Å². The second-order valence-electron chi connectivity index (χ2n) is 12.6. The van der Waals surface area contributed by atoms with Gasteiger partial charge in [0.15, 0.2) is 0 Å². The summed E-state index contributed by atoms with van der Waals surface area (Å²) < 4.78 is 9.81. The third kappa shape index (κ3) is 15.7. The molecule has 0 aromatic heterocycles. The first-order valence-electron chi connectivity index (χ1n) is 15.5. The summed E-state index contributed by atoms with van der Waals surface area (Å²) in [6, 6.07) is -2.65. The van der Waals surface area contributed by atoms with Crippen molar-refractivity contribution in [2.75, 3.05) is 32.6 Å². The maximum absolute atomic E-state index is 13.4. The molecule has 5 amide bonds. The maximum Gasteiger partial charge on any atom is 0.408 e. The zero-order valence-corrected chi connectivity index (χ0v) is 28.9. The van der Waals surface area contributed by atoms with Gasteiger partial charge in [-0.2, -0.15) is 0 Å². The number of thioether (sulfide) groups is 1. The first-order valence-corrected chi connectivity index (χ1v) is 16.5. The van der Waals surface area contributed by atoms with Crippen LogP contribution in [0.5, 0.6) is 0 Å². The lowest BCUT2D eigenvalue weighted by Gasteiger charge is -2.30. The second-order valence-corrected chi connectivity index (χ2v) is 13.7. The van der Waals surface area contributed by atoms with Crippen LogP contribution in [-0.2, 0) is 23.9 Å². The van der Waals surface area contributed by atoms with E-state index in [9.17, 15) is 29.1 Å². The van der Waals surface area contributed by atoms with Gasteiger partial charge in [-0.1, -0.05) is 48.5 Å². The molecule has 1 aliphatic rings. The van der Waals surface area contributed by atoms with Crippen LogP contribution in [0.15, 0.2) is 4.99 Å². The van der Waals surface area contributed by atoms with E-state index < -0.39 is 54.1 Å². The SMILES string of the molecule is COC(=O)NC[C@H](NC(=O)OCC1=NC(C)CS1)C(=O)N[C@@H](CC(C)C)[C@@H](O)C[C@@H](C)C(=O)N[C@H](C(=O)NCC(C)C)C(C)C. The third-order valence-electron chi connectivity index (χ3n) is 6.92. The molecule has 6 atom stereocenters. The molecule has 0 fully saturated rings. The van der Waals surface area contributed by atoms with E-state index in [-0.39, 0.29) is 49.3 Å². The summed E-state index contributed by atoms with van der Waals surface area (Å²) in [5.74, 6) is -1.08. The maximum atomic E-state index is 13.4. The number of aliphatic hydroxyl groups is 1. The monoisotopic (exact) mass is 658 g/mol. The number of aliphatic hydroxyl groups excluding tert-OH is 1. The van der Waals surface area contributed by atoms with Crippen molar-refractivity contribution in [1.82, 2.24) is 26.6 Å². The van der Waals surface area contributed by atoms with Crippen LogP contribution in [0, 0.1) is 23.7 Å². The summed E-state index contributed by atoms with van der Waals surface area (Å²) in [5.41, 5.74) is 0. The minimum atomic E-state index is -1.26. The fourth-order valence-corrected chi connectivity index (χ4v) is 5.28. The number of hydrogen-bond donors (Lipinski definition) is 6. The lowest BCUT2D eigenvalue weighted by molar-refractivity contribution is -0.132. The molecule has 1 rings (SSSR count). The van der Waals surface area contributed by atoms with Gasteiger partial charge in [0.25, 0.3) is 0 Å². The highest BCUT2D eigenvalue weighted by molar-refractivity contribution is 8.14. The fraction of sp³-hybridized carbons (Fsp3) is 0.800. The normalized spacial score (nSPS) is 17.9. The summed E-state index contributed by atoms with van der Waals surface area (Å²) in [4.78, 5) is 67.7. The molecule has 0 saturated carbocycles. The molecule has 0 spiro atoms. The van der Waals surface area contributed by atoms with Gasteiger partial charge in [-0.15, -0.1) is 11.8 Å². The number of hydrogen-bond acceptors (Lipinski definition) is 10. The average Bonchev–Trinajstić information content (AvgIpc) is 3.38. The van der Waals surface area contributed by atoms with Gasteiger partial charge in [-0.3, -0.25) is 19.4 Å². The summed E-state index contributed by atoms with van der Waals surface area (Å²) in [6.07, 6.45) is -2.45. The molecule has 0 aromatic carbocycles. The Bertz CT molecular complexity index is 1020. The minimum absolute atomic E-state index is 0.000671. The van der Waals surface area contributed by atoms with E-state index >= 15 is 0 Å². The van der Waals surface area contributed by atoms with Crippen LogP contribution in [0.25, 0.3) is 0 Å². The van der Waals surface area contributed by atoms with Gasteiger partial charge in [0.1, 0.15) is 23.7 Å². The molecule has 0 saturated heterocycles. The van der Waals surface area contributed by atoms with Crippen LogP contribution in [0.4, 0.5) is 9.59 Å². The molecule has 1 aliphatic heterocycles. The molecule has 14 nitrogen and oxygen atoms in total. The zero-order valence-electron chi connectivity index (χ0n) is 28.1. The van der Waals surface area contributed by atoms with Gasteiger partial charge >= 0.3 is 12.2 Å². The lowest BCUT2D eigenvalue weighted by atomic mass is 9.91. The molecule has 45 heavy (non-hydrogen) atoms. The Morgan fingerprint density at radius 3 is 2.07 bits per heavy atom. The van der Waals surface area contributed by atoms with E-state index in [1.807, 2.05) is 48.5 Å². The highest BCUT2D eigenvalue weighted by Crippen LogP contribution is 2.18. The smallest absolute Gasteiger partial charge is 0.408 e. The number of methoxy groups -OCH3 is 1. The molecule has 0 aromatic rings. The van der Waals surface area contributed by atoms with Crippen molar-refractivity contribution >= 4 is 46.7 Å². The quantitative estimate of drug-likeness (QED) is 0.127. The van der Waals surface area contributed by atoms with Crippen LogP contribution in [-0.4, -0.2) is 103 Å². The zero-order chi connectivity index (χ0) is 34.3. The van der Waals surface area contributed by atoms with Crippen molar-refractivity contribution < 1.29 is 38.6 Å². The molecule has 0 bridgehead atoms. The van der Waals surface area contributed by atoms with E-state index in [0.29, 0.717) is 18.0 Å². The number of aliphatic imine (C=N–C) groups is 1. The Balaban J connectivity index is 2.93. The van der Waals surface area contributed by atoms with Gasteiger partial charge < -0.3 is 41.2 Å². The Kier molecular flexibility index (Phi) is 17.9. The van der Waals surface area contributed by atoms with Crippen LogP contribution in [0.2, 0.25) is 0 Å². The molecule has 1 heterocycles. The van der Waals surface area contributed by atoms with E-state index in [0.717, 1.165) is 5.75 Å². The van der Waals surface area contributed by atoms with Crippen molar-refractivity contribution in [3.8, 4) is 0 Å². The number of rotatable bonds is 18. The number of alkyl carbamates (subject to hydrolysis) is 2. The number of amides is 5. The van der Waals surface area contributed by atoms with Gasteiger partial charge in [0.2, 0.25) is 17.7 Å². The molecule has 6 N–H and O–H groups in total. The van der Waals surface area contributed by atoms with Crippen molar-refractivity contribution in [3.63, 3.8) is 0 Å². The van der Waals surface area contributed by atoms with Gasteiger partial charge in [-0.05, 0) is 37.5 Å². The van der Waals surface area contributed by atoms with Crippen LogP contribution >= 0.6 is 11.8 Å². The molecule has 0 radical (unpaired) electrons. The Morgan fingerprint density at radius 1 is 0.867 bits per heavy atom. The second kappa shape index (κ2) is 20.1. The number of ether oxygens (including phenoxy) is 2. The summed E-state index contributed by atoms with van der Waals surface area (Å²) in [6.45, 7) is 15.2. The number of carbonyl (C=O) groups excluding carboxylic acids is 5. The van der Waals surface area contributed by atoms with Crippen molar-refractivity contribution in [2.45, 2.75) is 98.5 Å². The molecule has 258 valence electrons. The van der Waals surface area contributed by atoms with E-state index in [1.165, 1.54) is 18.9 Å². The molecule has 0 aliphatic carbocycles. The highest BCUT2D eigenvalue weighted by Gasteiger charge is 2.32. The van der Waals surface area contributed by atoms with Crippen LogP contribution in [0.1, 0.15) is 68.2 Å². The summed E-state index contributed by atoms with van der Waals surface area (Å²) in [7, 11) is 1.17. The Labute approximate surface area is 271 Å². The van der Waals surface area contributed by atoms with Gasteiger partial charge in [0, 0.05) is 18.2 Å². The Hall–Kier alpha value is -3.07. The topological polar surface area (TPSA) is 197 Å². The molecule has 15 heteroatoms. The Morgan fingerprint density at radius 2 is 1.53 bits per heavy atom. The van der Waals surface area contributed by atoms with Crippen LogP contribution < -0.4 is 26.6 Å². The number of carbonyl (C=O) groups is 5. The van der Waals surface area contributed by atoms with E-state index in [4.69, 9.17) is 4.74 Å². The predicted molar refractivity (Wildman–Crippen MR) is 174 cm³/mol. The number of nitrogens with zero attached hydrogens (tertiary/aromatic N) is 1. The first-order chi connectivity index (χ1) is 21.0.